The van der Waals surface area contributed by atoms with Crippen molar-refractivity contribution in [3.63, 3.8) is 0 Å². The maximum Gasteiger partial charge on any atom is 0.127 e. The van der Waals surface area contributed by atoms with Crippen molar-refractivity contribution >= 4 is 21.6 Å². The predicted octanol–water partition coefficient (Wildman–Crippen LogP) is 3.32. The molecule has 0 spiro atoms. The SMILES string of the molecule is CCCNCc1ccc(Br)cc1N(C)Cc1nccn1C. The van der Waals surface area contributed by atoms with Crippen molar-refractivity contribution < 1.29 is 0 Å². The number of halogens is 1. The van der Waals surface area contributed by atoms with Gasteiger partial charge in [-0.1, -0.05) is 28.9 Å². The zero-order chi connectivity index (χ0) is 15.2. The summed E-state index contributed by atoms with van der Waals surface area (Å²) in [5.74, 6) is 1.06. The average molecular weight is 351 g/mol. The molecule has 0 aliphatic rings. The van der Waals surface area contributed by atoms with Crippen LogP contribution in [-0.2, 0) is 20.1 Å². The quantitative estimate of drug-likeness (QED) is 0.777. The molecule has 0 amide bonds. The molecule has 0 saturated heterocycles. The maximum absolute atomic E-state index is 4.40. The van der Waals surface area contributed by atoms with Gasteiger partial charge in [0.25, 0.3) is 0 Å². The average Bonchev–Trinajstić information content (AvgIpc) is 2.86. The number of rotatable bonds is 7. The van der Waals surface area contributed by atoms with Crippen molar-refractivity contribution in [3.8, 4) is 0 Å². The molecule has 1 aromatic carbocycles. The first-order valence-corrected chi connectivity index (χ1v) is 8.07. The molecule has 114 valence electrons. The van der Waals surface area contributed by atoms with Gasteiger partial charge in [-0.15, -0.1) is 0 Å². The number of hydrogen-bond donors (Lipinski definition) is 1. The van der Waals surface area contributed by atoms with Crippen LogP contribution < -0.4 is 10.2 Å². The molecule has 1 aromatic heterocycles. The van der Waals surface area contributed by atoms with Gasteiger partial charge in [0.15, 0.2) is 0 Å². The molecule has 21 heavy (non-hydrogen) atoms. The minimum absolute atomic E-state index is 0.792. The summed E-state index contributed by atoms with van der Waals surface area (Å²) in [4.78, 5) is 6.65. The molecule has 4 nitrogen and oxygen atoms in total. The van der Waals surface area contributed by atoms with Crippen LogP contribution >= 0.6 is 15.9 Å². The lowest BCUT2D eigenvalue weighted by molar-refractivity contribution is 0.672. The number of imidazole rings is 1. The summed E-state index contributed by atoms with van der Waals surface area (Å²) in [7, 11) is 4.14. The van der Waals surface area contributed by atoms with E-state index in [9.17, 15) is 0 Å². The lowest BCUT2D eigenvalue weighted by atomic mass is 10.1. The fourth-order valence-electron chi connectivity index (χ4n) is 2.29. The molecule has 0 saturated carbocycles. The highest BCUT2D eigenvalue weighted by molar-refractivity contribution is 9.10. The second-order valence-electron chi connectivity index (χ2n) is 5.26. The van der Waals surface area contributed by atoms with Crippen LogP contribution in [0.1, 0.15) is 24.7 Å². The van der Waals surface area contributed by atoms with E-state index in [2.05, 4.69) is 67.9 Å². The van der Waals surface area contributed by atoms with Crippen LogP contribution in [0.4, 0.5) is 5.69 Å². The second-order valence-corrected chi connectivity index (χ2v) is 6.18. The van der Waals surface area contributed by atoms with E-state index in [0.717, 1.165) is 36.4 Å². The predicted molar refractivity (Wildman–Crippen MR) is 91.5 cm³/mol. The first-order valence-electron chi connectivity index (χ1n) is 7.28. The van der Waals surface area contributed by atoms with Crippen LogP contribution in [0.15, 0.2) is 35.1 Å². The molecular weight excluding hydrogens is 328 g/mol. The molecule has 5 heteroatoms. The topological polar surface area (TPSA) is 33.1 Å². The third-order valence-corrected chi connectivity index (χ3v) is 3.99. The number of nitrogens with zero attached hydrogens (tertiary/aromatic N) is 3. The molecule has 0 aliphatic heterocycles. The van der Waals surface area contributed by atoms with Gasteiger partial charge >= 0.3 is 0 Å². The van der Waals surface area contributed by atoms with E-state index in [1.165, 1.54) is 11.3 Å². The van der Waals surface area contributed by atoms with E-state index in [-0.39, 0.29) is 0 Å². The normalized spacial score (nSPS) is 10.9. The Hall–Kier alpha value is -1.33. The molecule has 0 unspecified atom stereocenters. The number of aryl methyl sites for hydroxylation is 1. The number of nitrogens with one attached hydrogen (secondary N) is 1. The fraction of sp³-hybridized carbons (Fsp3) is 0.438. The van der Waals surface area contributed by atoms with E-state index in [1.807, 2.05) is 19.4 Å². The van der Waals surface area contributed by atoms with Crippen LogP contribution in [0.25, 0.3) is 0 Å². The Morgan fingerprint density at radius 2 is 2.19 bits per heavy atom. The van der Waals surface area contributed by atoms with Crippen molar-refractivity contribution in [3.05, 3.63) is 46.5 Å². The van der Waals surface area contributed by atoms with Gasteiger partial charge in [0.1, 0.15) is 5.82 Å². The minimum Gasteiger partial charge on any atom is -0.367 e. The zero-order valence-electron chi connectivity index (χ0n) is 12.9. The highest BCUT2D eigenvalue weighted by atomic mass is 79.9. The van der Waals surface area contributed by atoms with Gasteiger partial charge in [-0.25, -0.2) is 4.98 Å². The molecule has 0 bridgehead atoms. The lowest BCUT2D eigenvalue weighted by Gasteiger charge is -2.23. The number of benzene rings is 1. The Balaban J connectivity index is 2.16. The van der Waals surface area contributed by atoms with Gasteiger partial charge in [0, 0.05) is 43.2 Å². The number of aromatic nitrogens is 2. The summed E-state index contributed by atoms with van der Waals surface area (Å²) < 4.78 is 3.16. The van der Waals surface area contributed by atoms with E-state index in [1.54, 1.807) is 0 Å². The Morgan fingerprint density at radius 3 is 2.86 bits per heavy atom. The first kappa shape index (κ1) is 16.0. The monoisotopic (exact) mass is 350 g/mol. The van der Waals surface area contributed by atoms with Crippen LogP contribution in [0.5, 0.6) is 0 Å². The van der Waals surface area contributed by atoms with E-state index in [4.69, 9.17) is 0 Å². The van der Waals surface area contributed by atoms with Crippen molar-refractivity contribution in [2.75, 3.05) is 18.5 Å². The molecule has 2 aromatic rings. The molecule has 1 heterocycles. The molecule has 1 N–H and O–H groups in total. The Morgan fingerprint density at radius 1 is 1.38 bits per heavy atom. The van der Waals surface area contributed by atoms with E-state index < -0.39 is 0 Å². The summed E-state index contributed by atoms with van der Waals surface area (Å²) in [6, 6.07) is 6.45. The van der Waals surface area contributed by atoms with Gasteiger partial charge in [-0.2, -0.15) is 0 Å². The number of anilines is 1. The summed E-state index contributed by atoms with van der Waals surface area (Å²) in [5.41, 5.74) is 2.54. The first-order chi connectivity index (χ1) is 10.1. The Kier molecular flexibility index (Phi) is 5.82. The third-order valence-electron chi connectivity index (χ3n) is 3.50. The maximum atomic E-state index is 4.40. The highest BCUT2D eigenvalue weighted by Crippen LogP contribution is 2.25. The van der Waals surface area contributed by atoms with Crippen molar-refractivity contribution in [2.45, 2.75) is 26.4 Å². The summed E-state index contributed by atoms with van der Waals surface area (Å²) in [5, 5.41) is 3.47. The van der Waals surface area contributed by atoms with Gasteiger partial charge in [0.05, 0.1) is 6.54 Å². The standard InChI is InChI=1S/C16H23BrN4/c1-4-7-18-11-13-5-6-14(17)10-15(13)21(3)12-16-19-8-9-20(16)2/h5-6,8-10,18H,4,7,11-12H2,1-3H3. The van der Waals surface area contributed by atoms with Gasteiger partial charge in [-0.3, -0.25) is 0 Å². The van der Waals surface area contributed by atoms with Gasteiger partial charge < -0.3 is 14.8 Å². The minimum atomic E-state index is 0.792. The lowest BCUT2D eigenvalue weighted by Crippen LogP contribution is -2.22. The third kappa shape index (κ3) is 4.32. The zero-order valence-corrected chi connectivity index (χ0v) is 14.5. The molecule has 0 fully saturated rings. The van der Waals surface area contributed by atoms with Gasteiger partial charge in [-0.05, 0) is 30.7 Å². The Labute approximate surface area is 135 Å². The number of hydrogen-bond acceptors (Lipinski definition) is 3. The molecule has 0 radical (unpaired) electrons. The largest absolute Gasteiger partial charge is 0.367 e. The van der Waals surface area contributed by atoms with Crippen molar-refractivity contribution in [1.82, 2.24) is 14.9 Å². The summed E-state index contributed by atoms with van der Waals surface area (Å²) in [6.45, 7) is 4.91. The van der Waals surface area contributed by atoms with Gasteiger partial charge in [0.2, 0.25) is 0 Å². The smallest absolute Gasteiger partial charge is 0.127 e. The van der Waals surface area contributed by atoms with E-state index >= 15 is 0 Å². The molecule has 0 atom stereocenters. The summed E-state index contributed by atoms with van der Waals surface area (Å²) in [6.07, 6.45) is 4.97. The molecule has 0 aliphatic carbocycles. The highest BCUT2D eigenvalue weighted by Gasteiger charge is 2.10. The van der Waals surface area contributed by atoms with Crippen LogP contribution in [-0.4, -0.2) is 23.1 Å². The molecular formula is C16H23BrN4. The van der Waals surface area contributed by atoms with Crippen molar-refractivity contribution in [1.29, 1.82) is 0 Å². The van der Waals surface area contributed by atoms with Crippen LogP contribution in [0, 0.1) is 0 Å². The fourth-order valence-corrected chi connectivity index (χ4v) is 2.64. The Bertz CT molecular complexity index is 579. The van der Waals surface area contributed by atoms with Crippen molar-refractivity contribution in [2.24, 2.45) is 7.05 Å². The van der Waals surface area contributed by atoms with Crippen LogP contribution in [0.3, 0.4) is 0 Å². The molecule has 2 rings (SSSR count). The summed E-state index contributed by atoms with van der Waals surface area (Å²) >= 11 is 3.57. The van der Waals surface area contributed by atoms with Crippen LogP contribution in [0.2, 0.25) is 0 Å². The second kappa shape index (κ2) is 7.61. The van der Waals surface area contributed by atoms with E-state index in [0.29, 0.717) is 0 Å².